The van der Waals surface area contributed by atoms with Crippen LogP contribution in [-0.2, 0) is 6.42 Å². The van der Waals surface area contributed by atoms with Gasteiger partial charge in [-0.15, -0.1) is 11.3 Å². The lowest BCUT2D eigenvalue weighted by molar-refractivity contribution is 0.249. The summed E-state index contributed by atoms with van der Waals surface area (Å²) in [7, 11) is 0. The summed E-state index contributed by atoms with van der Waals surface area (Å²) in [6, 6.07) is 13.2. The smallest absolute Gasteiger partial charge is 0.170 e. The summed E-state index contributed by atoms with van der Waals surface area (Å²) in [5.74, 6) is 0. The van der Waals surface area contributed by atoms with Crippen molar-refractivity contribution in [3.8, 4) is 0 Å². The molecule has 1 fully saturated rings. The van der Waals surface area contributed by atoms with E-state index in [1.54, 1.807) is 0 Å². The standard InChI is InChI=1S/C19H25N3S2/c1-2-15-7-9-16(10-8-15)21-19(23)20-14-17(18-6-5-13-24-18)22-11-3-4-12-22/h5-10,13,17H,2-4,11-12,14H2,1H3,(H2,20,21,23)/t17-/m0/s1. The molecule has 1 atom stereocenters. The summed E-state index contributed by atoms with van der Waals surface area (Å²) in [6.45, 7) is 5.38. The van der Waals surface area contributed by atoms with Gasteiger partial charge in [-0.2, -0.15) is 0 Å². The molecule has 0 unspecified atom stereocenters. The Labute approximate surface area is 154 Å². The third-order valence-electron chi connectivity index (χ3n) is 4.53. The number of anilines is 1. The molecular weight excluding hydrogens is 334 g/mol. The van der Waals surface area contributed by atoms with Gasteiger partial charge in [0.1, 0.15) is 0 Å². The summed E-state index contributed by atoms with van der Waals surface area (Å²) in [5, 5.41) is 9.55. The highest BCUT2D eigenvalue weighted by Crippen LogP contribution is 2.27. The molecule has 3 nitrogen and oxygen atoms in total. The number of likely N-dealkylation sites (tertiary alicyclic amines) is 1. The largest absolute Gasteiger partial charge is 0.360 e. The van der Waals surface area contributed by atoms with Crippen LogP contribution in [0.5, 0.6) is 0 Å². The lowest BCUT2D eigenvalue weighted by Crippen LogP contribution is -2.38. The number of thiophene rings is 1. The van der Waals surface area contributed by atoms with E-state index in [0.717, 1.165) is 18.7 Å². The molecule has 0 bridgehead atoms. The first kappa shape index (κ1) is 17.4. The van der Waals surface area contributed by atoms with Crippen LogP contribution in [0.3, 0.4) is 0 Å². The van der Waals surface area contributed by atoms with E-state index in [1.165, 1.54) is 36.4 Å². The van der Waals surface area contributed by atoms with Gasteiger partial charge in [-0.1, -0.05) is 25.1 Å². The van der Waals surface area contributed by atoms with E-state index in [0.29, 0.717) is 11.2 Å². The first-order valence-electron chi connectivity index (χ1n) is 8.67. The fourth-order valence-corrected chi connectivity index (χ4v) is 4.19. The van der Waals surface area contributed by atoms with E-state index >= 15 is 0 Å². The Balaban J connectivity index is 1.56. The third kappa shape index (κ3) is 4.56. The van der Waals surface area contributed by atoms with Gasteiger partial charge in [0.2, 0.25) is 0 Å². The highest BCUT2D eigenvalue weighted by molar-refractivity contribution is 7.80. The normalized spacial score (nSPS) is 16.0. The highest BCUT2D eigenvalue weighted by atomic mass is 32.1. The van der Waals surface area contributed by atoms with Gasteiger partial charge >= 0.3 is 0 Å². The lowest BCUT2D eigenvalue weighted by Gasteiger charge is -2.27. The molecule has 128 valence electrons. The number of nitrogens with zero attached hydrogens (tertiary/aromatic N) is 1. The minimum absolute atomic E-state index is 0.412. The van der Waals surface area contributed by atoms with Crippen molar-refractivity contribution in [3.63, 3.8) is 0 Å². The highest BCUT2D eigenvalue weighted by Gasteiger charge is 2.24. The second-order valence-corrected chi connectivity index (χ2v) is 7.55. The molecule has 1 aromatic carbocycles. The maximum atomic E-state index is 5.48. The Kier molecular flexibility index (Phi) is 6.24. The average Bonchev–Trinajstić information content (AvgIpc) is 3.30. The molecular formula is C19H25N3S2. The van der Waals surface area contributed by atoms with Crippen LogP contribution in [0.15, 0.2) is 41.8 Å². The topological polar surface area (TPSA) is 27.3 Å². The predicted molar refractivity (Wildman–Crippen MR) is 108 cm³/mol. The molecule has 2 aromatic rings. The maximum Gasteiger partial charge on any atom is 0.170 e. The minimum Gasteiger partial charge on any atom is -0.360 e. The number of hydrogen-bond donors (Lipinski definition) is 2. The Hall–Kier alpha value is -1.43. The first-order chi connectivity index (χ1) is 11.8. The van der Waals surface area contributed by atoms with E-state index < -0.39 is 0 Å². The van der Waals surface area contributed by atoms with Crippen molar-refractivity contribution < 1.29 is 0 Å². The van der Waals surface area contributed by atoms with Gasteiger partial charge in [-0.25, -0.2) is 0 Å². The van der Waals surface area contributed by atoms with Gasteiger partial charge < -0.3 is 10.6 Å². The molecule has 5 heteroatoms. The molecule has 2 N–H and O–H groups in total. The van der Waals surface area contributed by atoms with Crippen LogP contribution in [0.2, 0.25) is 0 Å². The number of rotatable bonds is 6. The van der Waals surface area contributed by atoms with Crippen LogP contribution in [0.4, 0.5) is 5.69 Å². The van der Waals surface area contributed by atoms with Gasteiger partial charge in [0.15, 0.2) is 5.11 Å². The number of aryl methyl sites for hydroxylation is 1. The van der Waals surface area contributed by atoms with Crippen LogP contribution < -0.4 is 10.6 Å². The van der Waals surface area contributed by atoms with Crippen molar-refractivity contribution >= 4 is 34.4 Å². The molecule has 0 radical (unpaired) electrons. The number of hydrogen-bond acceptors (Lipinski definition) is 3. The molecule has 2 heterocycles. The van der Waals surface area contributed by atoms with Crippen molar-refractivity contribution in [2.24, 2.45) is 0 Å². The van der Waals surface area contributed by atoms with E-state index in [-0.39, 0.29) is 0 Å². The minimum atomic E-state index is 0.412. The van der Waals surface area contributed by atoms with Crippen LogP contribution in [-0.4, -0.2) is 29.6 Å². The van der Waals surface area contributed by atoms with Gasteiger partial charge in [0, 0.05) is 17.1 Å². The lowest BCUT2D eigenvalue weighted by atomic mass is 10.1. The summed E-state index contributed by atoms with van der Waals surface area (Å²) in [6.07, 6.45) is 3.66. The third-order valence-corrected chi connectivity index (χ3v) is 5.75. The first-order valence-corrected chi connectivity index (χ1v) is 9.96. The van der Waals surface area contributed by atoms with Crippen molar-refractivity contribution in [1.29, 1.82) is 0 Å². The van der Waals surface area contributed by atoms with Crippen molar-refractivity contribution in [1.82, 2.24) is 10.2 Å². The Morgan fingerprint density at radius 2 is 1.96 bits per heavy atom. The zero-order valence-corrected chi connectivity index (χ0v) is 15.8. The fourth-order valence-electron chi connectivity index (χ4n) is 3.13. The van der Waals surface area contributed by atoms with E-state index in [2.05, 4.69) is 64.2 Å². The van der Waals surface area contributed by atoms with Crippen molar-refractivity contribution in [3.05, 3.63) is 52.2 Å². The second kappa shape index (κ2) is 8.60. The van der Waals surface area contributed by atoms with Gasteiger partial charge in [0.05, 0.1) is 6.04 Å². The molecule has 0 saturated carbocycles. The fraction of sp³-hybridized carbons (Fsp3) is 0.421. The molecule has 3 rings (SSSR count). The second-order valence-electron chi connectivity index (χ2n) is 6.16. The zero-order chi connectivity index (χ0) is 16.8. The van der Waals surface area contributed by atoms with E-state index in [9.17, 15) is 0 Å². The monoisotopic (exact) mass is 359 g/mol. The summed E-state index contributed by atoms with van der Waals surface area (Å²) >= 11 is 7.31. The van der Waals surface area contributed by atoms with Gasteiger partial charge in [0.25, 0.3) is 0 Å². The van der Waals surface area contributed by atoms with Gasteiger partial charge in [-0.05, 0) is 73.7 Å². The molecule has 0 aliphatic carbocycles. The summed E-state index contributed by atoms with van der Waals surface area (Å²) < 4.78 is 0. The SMILES string of the molecule is CCc1ccc(NC(=S)NC[C@@H](c2cccs2)N2CCCC2)cc1. The molecule has 1 aromatic heterocycles. The summed E-state index contributed by atoms with van der Waals surface area (Å²) in [4.78, 5) is 3.98. The van der Waals surface area contributed by atoms with E-state index in [4.69, 9.17) is 12.2 Å². The number of nitrogens with one attached hydrogen (secondary N) is 2. The average molecular weight is 360 g/mol. The van der Waals surface area contributed by atoms with E-state index in [1.807, 2.05) is 11.3 Å². The van der Waals surface area contributed by atoms with Crippen LogP contribution in [0.25, 0.3) is 0 Å². The Morgan fingerprint density at radius 3 is 2.58 bits per heavy atom. The number of benzene rings is 1. The van der Waals surface area contributed by atoms with Crippen LogP contribution in [0.1, 0.15) is 36.2 Å². The quantitative estimate of drug-likeness (QED) is 0.746. The molecule has 1 aliphatic rings. The molecule has 1 saturated heterocycles. The molecule has 1 aliphatic heterocycles. The van der Waals surface area contributed by atoms with Crippen LogP contribution in [0, 0.1) is 0 Å². The van der Waals surface area contributed by atoms with Crippen molar-refractivity contribution in [2.45, 2.75) is 32.2 Å². The van der Waals surface area contributed by atoms with Crippen LogP contribution >= 0.6 is 23.6 Å². The molecule has 0 spiro atoms. The molecule has 0 amide bonds. The maximum absolute atomic E-state index is 5.48. The summed E-state index contributed by atoms with van der Waals surface area (Å²) in [5.41, 5.74) is 2.38. The molecule has 24 heavy (non-hydrogen) atoms. The Morgan fingerprint density at radius 1 is 1.21 bits per heavy atom. The van der Waals surface area contributed by atoms with Crippen molar-refractivity contribution in [2.75, 3.05) is 25.0 Å². The Bertz CT molecular complexity index is 631. The van der Waals surface area contributed by atoms with Gasteiger partial charge in [-0.3, -0.25) is 4.90 Å². The zero-order valence-electron chi connectivity index (χ0n) is 14.1. The predicted octanol–water partition coefficient (Wildman–Crippen LogP) is 4.43. The number of thiocarbonyl (C=S) groups is 1.